The zero-order chi connectivity index (χ0) is 15.8. The fourth-order valence-electron chi connectivity index (χ4n) is 4.23. The third-order valence-electron chi connectivity index (χ3n) is 5.50. The maximum absolute atomic E-state index is 13.1. The molecular formula is C18H23NO4. The van der Waals surface area contributed by atoms with E-state index in [1.54, 1.807) is 5.06 Å². The maximum Gasteiger partial charge on any atom is 0.250 e. The largest absolute Gasteiger partial charge is 0.493 e. The Balaban J connectivity index is 1.61. The first-order valence-corrected chi connectivity index (χ1v) is 8.58. The van der Waals surface area contributed by atoms with E-state index < -0.39 is 0 Å². The van der Waals surface area contributed by atoms with Gasteiger partial charge in [-0.15, -0.1) is 0 Å². The van der Waals surface area contributed by atoms with Crippen LogP contribution in [-0.2, 0) is 9.63 Å². The van der Waals surface area contributed by atoms with E-state index in [9.17, 15) is 9.90 Å². The Kier molecular flexibility index (Phi) is 3.99. The van der Waals surface area contributed by atoms with Gasteiger partial charge in [-0.1, -0.05) is 31.0 Å². The lowest BCUT2D eigenvalue weighted by Crippen LogP contribution is -2.42. The molecule has 0 aromatic heterocycles. The number of ether oxygens (including phenoxy) is 1. The summed E-state index contributed by atoms with van der Waals surface area (Å²) in [6, 6.07) is 7.83. The molecule has 0 bridgehead atoms. The predicted molar refractivity (Wildman–Crippen MR) is 83.5 cm³/mol. The van der Waals surface area contributed by atoms with Crippen LogP contribution in [-0.4, -0.2) is 35.9 Å². The monoisotopic (exact) mass is 317 g/mol. The molecule has 1 saturated carbocycles. The lowest BCUT2D eigenvalue weighted by Gasteiger charge is -2.36. The second kappa shape index (κ2) is 6.13. The van der Waals surface area contributed by atoms with Gasteiger partial charge in [-0.25, -0.2) is 5.06 Å². The summed E-state index contributed by atoms with van der Waals surface area (Å²) < 4.78 is 5.80. The Morgan fingerprint density at radius 1 is 1.22 bits per heavy atom. The molecule has 5 nitrogen and oxygen atoms in total. The van der Waals surface area contributed by atoms with E-state index in [2.05, 4.69) is 0 Å². The minimum atomic E-state index is -0.123. The molecule has 1 aliphatic carbocycles. The summed E-state index contributed by atoms with van der Waals surface area (Å²) >= 11 is 0. The van der Waals surface area contributed by atoms with Gasteiger partial charge in [0.25, 0.3) is 0 Å². The molecule has 2 aliphatic heterocycles. The topological polar surface area (TPSA) is 59.0 Å². The molecule has 1 amide bonds. The van der Waals surface area contributed by atoms with Crippen molar-refractivity contribution in [2.75, 3.05) is 19.8 Å². The Labute approximate surface area is 136 Å². The second-order valence-electron chi connectivity index (χ2n) is 6.85. The number of amides is 1. The van der Waals surface area contributed by atoms with Gasteiger partial charge in [-0.05, 0) is 24.8 Å². The van der Waals surface area contributed by atoms with Crippen molar-refractivity contribution in [1.29, 1.82) is 0 Å². The van der Waals surface area contributed by atoms with Crippen LogP contribution in [0.1, 0.15) is 37.3 Å². The van der Waals surface area contributed by atoms with Gasteiger partial charge in [-0.3, -0.25) is 9.63 Å². The van der Waals surface area contributed by atoms with Crippen LogP contribution < -0.4 is 4.74 Å². The number of rotatable bonds is 2. The van der Waals surface area contributed by atoms with Crippen molar-refractivity contribution >= 4 is 5.91 Å². The minimum Gasteiger partial charge on any atom is -0.493 e. The van der Waals surface area contributed by atoms with Crippen LogP contribution in [0, 0.1) is 17.8 Å². The molecule has 23 heavy (non-hydrogen) atoms. The predicted octanol–water partition coefficient (Wildman–Crippen LogP) is 2.31. The van der Waals surface area contributed by atoms with E-state index in [0.29, 0.717) is 13.2 Å². The summed E-state index contributed by atoms with van der Waals surface area (Å²) in [5, 5.41) is 11.2. The lowest BCUT2D eigenvalue weighted by molar-refractivity contribution is -0.185. The number of para-hydroxylation sites is 1. The van der Waals surface area contributed by atoms with Crippen molar-refractivity contribution in [3.63, 3.8) is 0 Å². The first-order valence-electron chi connectivity index (χ1n) is 8.58. The van der Waals surface area contributed by atoms with Crippen molar-refractivity contribution in [2.45, 2.75) is 31.7 Å². The number of hydroxylamine groups is 2. The summed E-state index contributed by atoms with van der Waals surface area (Å²) in [6.07, 6.45) is 3.92. The zero-order valence-corrected chi connectivity index (χ0v) is 13.2. The smallest absolute Gasteiger partial charge is 0.250 e. The molecule has 1 aromatic carbocycles. The van der Waals surface area contributed by atoms with Crippen LogP contribution in [0.5, 0.6) is 5.75 Å². The Morgan fingerprint density at radius 2 is 2.04 bits per heavy atom. The van der Waals surface area contributed by atoms with Crippen LogP contribution >= 0.6 is 0 Å². The van der Waals surface area contributed by atoms with Gasteiger partial charge in [0, 0.05) is 24.0 Å². The van der Waals surface area contributed by atoms with Gasteiger partial charge >= 0.3 is 0 Å². The molecule has 124 valence electrons. The number of benzene rings is 1. The average Bonchev–Trinajstić information content (AvgIpc) is 3.05. The summed E-state index contributed by atoms with van der Waals surface area (Å²) in [5.41, 5.74) is 1.03. The van der Waals surface area contributed by atoms with E-state index in [1.165, 1.54) is 0 Å². The van der Waals surface area contributed by atoms with Crippen molar-refractivity contribution in [1.82, 2.24) is 5.06 Å². The molecule has 1 N–H and O–H groups in total. The number of aliphatic hydroxyl groups is 1. The van der Waals surface area contributed by atoms with E-state index >= 15 is 0 Å². The van der Waals surface area contributed by atoms with Crippen LogP contribution in [0.25, 0.3) is 0 Å². The summed E-state index contributed by atoms with van der Waals surface area (Å²) in [7, 11) is 0. The molecule has 5 heteroatoms. The van der Waals surface area contributed by atoms with Gasteiger partial charge in [0.2, 0.25) is 5.91 Å². The third kappa shape index (κ3) is 2.52. The Hall–Kier alpha value is -1.59. The molecule has 2 fully saturated rings. The van der Waals surface area contributed by atoms with Crippen molar-refractivity contribution in [3.05, 3.63) is 29.8 Å². The Morgan fingerprint density at radius 3 is 2.91 bits per heavy atom. The van der Waals surface area contributed by atoms with Gasteiger partial charge in [0.05, 0.1) is 19.3 Å². The Bertz CT molecular complexity index is 590. The molecule has 0 spiro atoms. The highest BCUT2D eigenvalue weighted by atomic mass is 16.7. The number of carbonyl (C=O) groups is 1. The summed E-state index contributed by atoms with van der Waals surface area (Å²) in [4.78, 5) is 18.9. The normalized spacial score (nSPS) is 32.8. The lowest BCUT2D eigenvalue weighted by atomic mass is 9.78. The van der Waals surface area contributed by atoms with Crippen LogP contribution in [0.4, 0.5) is 0 Å². The number of nitrogens with zero attached hydrogens (tertiary/aromatic N) is 1. The molecule has 2 heterocycles. The van der Waals surface area contributed by atoms with E-state index in [4.69, 9.17) is 9.57 Å². The summed E-state index contributed by atoms with van der Waals surface area (Å²) in [5.74, 6) is 1.01. The SMILES string of the molecule is O=C([C@@H]1CCCC[C@@H]1CO)N1OC[C@H]2COc3ccccc3[C@H]21. The highest BCUT2D eigenvalue weighted by Crippen LogP contribution is 2.45. The molecular weight excluding hydrogens is 294 g/mol. The zero-order valence-electron chi connectivity index (χ0n) is 13.2. The molecule has 4 rings (SSSR count). The first-order chi connectivity index (χ1) is 11.3. The molecule has 0 unspecified atom stereocenters. The number of aliphatic hydroxyl groups excluding tert-OH is 1. The number of hydrogen-bond acceptors (Lipinski definition) is 4. The van der Waals surface area contributed by atoms with E-state index in [0.717, 1.165) is 37.0 Å². The van der Waals surface area contributed by atoms with Gasteiger partial charge < -0.3 is 9.84 Å². The first kappa shape index (κ1) is 15.0. The molecule has 1 aromatic rings. The van der Waals surface area contributed by atoms with E-state index in [-0.39, 0.29) is 36.3 Å². The van der Waals surface area contributed by atoms with Crippen molar-refractivity contribution in [2.24, 2.45) is 17.8 Å². The molecule has 1 saturated heterocycles. The van der Waals surface area contributed by atoms with Crippen LogP contribution in [0.3, 0.4) is 0 Å². The van der Waals surface area contributed by atoms with Crippen molar-refractivity contribution < 1.29 is 19.5 Å². The summed E-state index contributed by atoms with van der Waals surface area (Å²) in [6.45, 7) is 1.18. The van der Waals surface area contributed by atoms with Crippen LogP contribution in [0.15, 0.2) is 24.3 Å². The average molecular weight is 317 g/mol. The van der Waals surface area contributed by atoms with Crippen molar-refractivity contribution in [3.8, 4) is 5.75 Å². The minimum absolute atomic E-state index is 0.0351. The highest BCUT2D eigenvalue weighted by molar-refractivity contribution is 5.79. The number of hydrogen-bond donors (Lipinski definition) is 1. The third-order valence-corrected chi connectivity index (χ3v) is 5.50. The quantitative estimate of drug-likeness (QED) is 0.909. The van der Waals surface area contributed by atoms with Gasteiger partial charge in [-0.2, -0.15) is 0 Å². The van der Waals surface area contributed by atoms with Crippen LogP contribution in [0.2, 0.25) is 0 Å². The van der Waals surface area contributed by atoms with E-state index in [1.807, 2.05) is 24.3 Å². The van der Waals surface area contributed by atoms with Gasteiger partial charge in [0.1, 0.15) is 5.75 Å². The molecule has 4 atom stereocenters. The fraction of sp³-hybridized carbons (Fsp3) is 0.611. The molecule has 3 aliphatic rings. The molecule has 0 radical (unpaired) electrons. The standard InChI is InChI=1S/C18H23NO4/c20-9-12-5-1-2-6-14(12)18(21)19-17-13(11-23-19)10-22-16-8-4-3-7-15(16)17/h3-4,7-8,12-14,17,20H,1-2,5-6,9-11H2/t12-,13-,14-,17+/m1/s1. The second-order valence-corrected chi connectivity index (χ2v) is 6.85. The fourth-order valence-corrected chi connectivity index (χ4v) is 4.23. The number of fused-ring (bicyclic) bond motifs is 3. The highest BCUT2D eigenvalue weighted by Gasteiger charge is 2.46. The maximum atomic E-state index is 13.1. The number of carbonyl (C=O) groups excluding carboxylic acids is 1. The van der Waals surface area contributed by atoms with Gasteiger partial charge in [0.15, 0.2) is 0 Å².